The number of para-hydroxylation sites is 1. The lowest BCUT2D eigenvalue weighted by Crippen LogP contribution is -2.12. The van der Waals surface area contributed by atoms with Crippen molar-refractivity contribution in [3.63, 3.8) is 0 Å². The molecule has 7 heteroatoms. The van der Waals surface area contributed by atoms with E-state index >= 15 is 0 Å². The number of aromatic carboxylic acids is 1. The lowest BCUT2D eigenvalue weighted by molar-refractivity contribution is 0.0698. The number of pyridine rings is 1. The predicted molar refractivity (Wildman–Crippen MR) is 127 cm³/mol. The number of fused-ring (bicyclic) bond motifs is 2. The molecule has 7 nitrogen and oxygen atoms in total. The Bertz CT molecular complexity index is 1580. The maximum Gasteiger partial charge on any atom is 0.337 e. The minimum absolute atomic E-state index is 0.139. The van der Waals surface area contributed by atoms with Crippen LogP contribution in [0.3, 0.4) is 0 Å². The van der Waals surface area contributed by atoms with Gasteiger partial charge < -0.3 is 19.2 Å². The molecule has 3 aromatic heterocycles. The third-order valence-corrected chi connectivity index (χ3v) is 5.67. The first-order valence-corrected chi connectivity index (χ1v) is 10.5. The summed E-state index contributed by atoms with van der Waals surface area (Å²) in [6.45, 7) is 3.83. The van der Waals surface area contributed by atoms with Gasteiger partial charge in [-0.2, -0.15) is 0 Å². The van der Waals surface area contributed by atoms with Gasteiger partial charge in [0.15, 0.2) is 5.43 Å². The second-order valence-corrected chi connectivity index (χ2v) is 8.03. The summed E-state index contributed by atoms with van der Waals surface area (Å²) in [5.41, 5.74) is 4.25. The van der Waals surface area contributed by atoms with E-state index in [-0.39, 0.29) is 17.0 Å². The molecule has 0 spiro atoms. The summed E-state index contributed by atoms with van der Waals surface area (Å²) in [7, 11) is 0. The topological polar surface area (TPSA) is 96.8 Å². The highest BCUT2D eigenvalue weighted by Crippen LogP contribution is 2.31. The molecule has 0 bridgehead atoms. The van der Waals surface area contributed by atoms with Gasteiger partial charge >= 0.3 is 5.97 Å². The number of aryl methyl sites for hydroxylation is 1. The number of nitrogens with one attached hydrogen (secondary N) is 1. The molecule has 3 heterocycles. The van der Waals surface area contributed by atoms with Crippen molar-refractivity contribution in [3.8, 4) is 11.3 Å². The van der Waals surface area contributed by atoms with Crippen LogP contribution in [0.4, 0.5) is 5.69 Å². The second-order valence-electron chi connectivity index (χ2n) is 8.03. The van der Waals surface area contributed by atoms with Gasteiger partial charge in [0.25, 0.3) is 0 Å². The van der Waals surface area contributed by atoms with Crippen molar-refractivity contribution in [2.45, 2.75) is 19.9 Å². The highest BCUT2D eigenvalue weighted by molar-refractivity contribution is 5.94. The first kappa shape index (κ1) is 20.5. The molecule has 0 aliphatic heterocycles. The van der Waals surface area contributed by atoms with Gasteiger partial charge in [0.05, 0.1) is 17.0 Å². The number of aromatic nitrogens is 2. The van der Waals surface area contributed by atoms with Gasteiger partial charge in [-0.3, -0.25) is 4.79 Å². The molecule has 0 unspecified atom stereocenters. The number of anilines is 1. The summed E-state index contributed by atoms with van der Waals surface area (Å²) < 4.78 is 8.15. The van der Waals surface area contributed by atoms with Crippen molar-refractivity contribution in [3.05, 3.63) is 100 Å². The Kier molecular flexibility index (Phi) is 4.94. The molecule has 0 fully saturated rings. The third kappa shape index (κ3) is 3.74. The minimum Gasteiger partial charge on any atom is -0.478 e. The Morgan fingerprint density at radius 3 is 2.79 bits per heavy atom. The van der Waals surface area contributed by atoms with Crippen LogP contribution in [0.2, 0.25) is 0 Å². The maximum atomic E-state index is 13.0. The lowest BCUT2D eigenvalue weighted by atomic mass is 10.00. The van der Waals surface area contributed by atoms with Crippen LogP contribution in [-0.4, -0.2) is 20.5 Å². The van der Waals surface area contributed by atoms with Crippen LogP contribution in [-0.2, 0) is 0 Å². The van der Waals surface area contributed by atoms with Crippen LogP contribution in [0, 0.1) is 6.92 Å². The zero-order valence-electron chi connectivity index (χ0n) is 18.1. The number of imidazole rings is 1. The Balaban J connectivity index is 1.64. The van der Waals surface area contributed by atoms with E-state index in [4.69, 9.17) is 4.42 Å². The zero-order valence-corrected chi connectivity index (χ0v) is 18.1. The van der Waals surface area contributed by atoms with E-state index in [9.17, 15) is 14.7 Å². The monoisotopic (exact) mass is 439 g/mol. The summed E-state index contributed by atoms with van der Waals surface area (Å²) in [6, 6.07) is 15.4. The molecular weight excluding hydrogens is 418 g/mol. The number of carboxylic acid groups (broad SMARTS) is 1. The molecule has 0 amide bonds. The Labute approximate surface area is 188 Å². The first-order valence-electron chi connectivity index (χ1n) is 10.5. The minimum atomic E-state index is -1.01. The average molecular weight is 439 g/mol. The fraction of sp³-hybridized carbons (Fsp3) is 0.115. The third-order valence-electron chi connectivity index (χ3n) is 5.67. The zero-order chi connectivity index (χ0) is 23.1. The summed E-state index contributed by atoms with van der Waals surface area (Å²) in [4.78, 5) is 28.9. The Morgan fingerprint density at radius 1 is 1.15 bits per heavy atom. The van der Waals surface area contributed by atoms with Gasteiger partial charge in [0.2, 0.25) is 0 Å². The van der Waals surface area contributed by atoms with Gasteiger partial charge in [-0.1, -0.05) is 18.2 Å². The quantitative estimate of drug-likeness (QED) is 0.386. The second kappa shape index (κ2) is 7.94. The van der Waals surface area contributed by atoms with Crippen LogP contribution >= 0.6 is 0 Å². The van der Waals surface area contributed by atoms with E-state index < -0.39 is 5.97 Å². The maximum absolute atomic E-state index is 13.0. The Morgan fingerprint density at radius 2 is 1.97 bits per heavy atom. The molecule has 164 valence electrons. The number of hydrogen-bond acceptors (Lipinski definition) is 5. The molecule has 0 aliphatic rings. The van der Waals surface area contributed by atoms with Crippen molar-refractivity contribution in [2.24, 2.45) is 0 Å². The van der Waals surface area contributed by atoms with E-state index in [0.717, 1.165) is 22.3 Å². The SMILES string of the molecule is Cc1cc([C@@H](C)Nc2ccccc2C(=O)O)c2oc(-c3ccc4nccn4c3)cc(=O)c2c1. The van der Waals surface area contributed by atoms with Crippen molar-refractivity contribution in [1.82, 2.24) is 9.38 Å². The number of benzene rings is 2. The van der Waals surface area contributed by atoms with Crippen molar-refractivity contribution < 1.29 is 14.3 Å². The van der Waals surface area contributed by atoms with Crippen molar-refractivity contribution >= 4 is 28.3 Å². The number of rotatable bonds is 5. The normalized spacial score (nSPS) is 12.2. The number of hydrogen-bond donors (Lipinski definition) is 2. The molecule has 0 aliphatic carbocycles. The predicted octanol–water partition coefficient (Wildman–Crippen LogP) is 5.29. The van der Waals surface area contributed by atoms with Crippen molar-refractivity contribution in [1.29, 1.82) is 0 Å². The molecule has 33 heavy (non-hydrogen) atoms. The molecular formula is C26H21N3O4. The summed E-state index contributed by atoms with van der Waals surface area (Å²) >= 11 is 0. The molecule has 2 N–H and O–H groups in total. The molecule has 0 saturated heterocycles. The van der Waals surface area contributed by atoms with E-state index in [0.29, 0.717) is 22.4 Å². The van der Waals surface area contributed by atoms with Gasteiger partial charge in [0, 0.05) is 41.5 Å². The average Bonchev–Trinajstić information content (AvgIpc) is 3.27. The van der Waals surface area contributed by atoms with E-state index in [2.05, 4.69) is 10.3 Å². The van der Waals surface area contributed by atoms with Crippen molar-refractivity contribution in [2.75, 3.05) is 5.32 Å². The largest absolute Gasteiger partial charge is 0.478 e. The van der Waals surface area contributed by atoms with Crippen LogP contribution in [0.15, 0.2) is 82.4 Å². The fourth-order valence-electron chi connectivity index (χ4n) is 4.07. The summed E-state index contributed by atoms with van der Waals surface area (Å²) in [5, 5.41) is 13.3. The van der Waals surface area contributed by atoms with E-state index in [1.165, 1.54) is 6.07 Å². The number of carboxylic acids is 1. The lowest BCUT2D eigenvalue weighted by Gasteiger charge is -2.19. The van der Waals surface area contributed by atoms with Gasteiger partial charge in [-0.25, -0.2) is 9.78 Å². The molecule has 0 radical (unpaired) electrons. The van der Waals surface area contributed by atoms with E-state index in [1.807, 2.05) is 54.9 Å². The van der Waals surface area contributed by atoms with Crippen LogP contribution in [0.25, 0.3) is 27.9 Å². The fourth-order valence-corrected chi connectivity index (χ4v) is 4.07. The molecule has 5 aromatic rings. The molecule has 0 saturated carbocycles. The Hall–Kier alpha value is -4.39. The molecule has 5 rings (SSSR count). The number of nitrogens with zero attached hydrogens (tertiary/aromatic N) is 2. The summed E-state index contributed by atoms with van der Waals surface area (Å²) in [5.74, 6) is -0.561. The highest BCUT2D eigenvalue weighted by Gasteiger charge is 2.18. The summed E-state index contributed by atoms with van der Waals surface area (Å²) in [6.07, 6.45) is 5.41. The van der Waals surface area contributed by atoms with Crippen LogP contribution < -0.4 is 10.7 Å². The molecule has 2 aromatic carbocycles. The standard InChI is InChI=1S/C26H21N3O4/c1-15-11-19(16(2)28-21-6-4-3-5-18(21)26(31)32)25-20(12-15)22(30)13-23(33-25)17-7-8-24-27-9-10-29(24)14-17/h3-14,16,28H,1-2H3,(H,31,32)/t16-/m1/s1. The van der Waals surface area contributed by atoms with Crippen LogP contribution in [0.1, 0.15) is 34.5 Å². The van der Waals surface area contributed by atoms with Crippen LogP contribution in [0.5, 0.6) is 0 Å². The smallest absolute Gasteiger partial charge is 0.337 e. The highest BCUT2D eigenvalue weighted by atomic mass is 16.4. The van der Waals surface area contributed by atoms with Gasteiger partial charge in [0.1, 0.15) is 17.0 Å². The van der Waals surface area contributed by atoms with Gasteiger partial charge in [-0.05, 0) is 49.7 Å². The van der Waals surface area contributed by atoms with E-state index in [1.54, 1.807) is 30.5 Å². The first-order chi connectivity index (χ1) is 15.9. The van der Waals surface area contributed by atoms with Gasteiger partial charge in [-0.15, -0.1) is 0 Å². The number of carbonyl (C=O) groups is 1. The molecule has 1 atom stereocenters.